The molecule has 1 amide bonds. The van der Waals surface area contributed by atoms with Crippen molar-refractivity contribution in [1.29, 1.82) is 0 Å². The third kappa shape index (κ3) is 4.04. The molecule has 0 bridgehead atoms. The molecule has 30 heavy (non-hydrogen) atoms. The van der Waals surface area contributed by atoms with Gasteiger partial charge >= 0.3 is 0 Å². The Morgan fingerprint density at radius 2 is 1.90 bits per heavy atom. The van der Waals surface area contributed by atoms with Crippen molar-refractivity contribution in [3.05, 3.63) is 80.8 Å². The first-order chi connectivity index (χ1) is 14.4. The number of nitrogens with zero attached hydrogens (tertiary/aromatic N) is 4. The Hall–Kier alpha value is -3.26. The zero-order valence-corrected chi connectivity index (χ0v) is 18.2. The van der Waals surface area contributed by atoms with Gasteiger partial charge in [0.15, 0.2) is 0 Å². The SMILES string of the molecule is CCc1ccc(-c2cc3c(=O)n(CC(=O)Nc4ccc(Br)c(C)c4)ncn3n2)cc1. The smallest absolute Gasteiger partial charge is 0.293 e. The Morgan fingerprint density at radius 1 is 1.13 bits per heavy atom. The van der Waals surface area contributed by atoms with Gasteiger partial charge in [-0.2, -0.15) is 10.2 Å². The molecule has 8 heteroatoms. The van der Waals surface area contributed by atoms with E-state index in [-0.39, 0.29) is 18.0 Å². The van der Waals surface area contributed by atoms with E-state index in [4.69, 9.17) is 0 Å². The molecule has 0 saturated heterocycles. The second-order valence-corrected chi connectivity index (χ2v) is 7.87. The van der Waals surface area contributed by atoms with Gasteiger partial charge in [0, 0.05) is 15.7 Å². The van der Waals surface area contributed by atoms with E-state index in [2.05, 4.69) is 38.4 Å². The lowest BCUT2D eigenvalue weighted by Gasteiger charge is -2.08. The zero-order valence-electron chi connectivity index (χ0n) is 16.6. The van der Waals surface area contributed by atoms with E-state index in [1.165, 1.54) is 16.4 Å². The molecule has 0 atom stereocenters. The number of fused-ring (bicyclic) bond motifs is 1. The molecule has 2 aromatic carbocycles. The molecule has 0 unspecified atom stereocenters. The average Bonchev–Trinajstić information content (AvgIpc) is 3.18. The van der Waals surface area contributed by atoms with Crippen LogP contribution in [-0.4, -0.2) is 25.3 Å². The van der Waals surface area contributed by atoms with Gasteiger partial charge in [0.2, 0.25) is 5.91 Å². The topological polar surface area (TPSA) is 81.3 Å². The van der Waals surface area contributed by atoms with Crippen LogP contribution in [0.15, 0.2) is 64.1 Å². The van der Waals surface area contributed by atoms with E-state index >= 15 is 0 Å². The molecule has 0 aliphatic carbocycles. The summed E-state index contributed by atoms with van der Waals surface area (Å²) in [5, 5.41) is 11.3. The number of halogens is 1. The first-order valence-electron chi connectivity index (χ1n) is 9.55. The Bertz CT molecular complexity index is 1290. The molecule has 2 heterocycles. The molecule has 152 valence electrons. The van der Waals surface area contributed by atoms with E-state index in [0.717, 1.165) is 26.7 Å². The van der Waals surface area contributed by atoms with Gasteiger partial charge in [-0.25, -0.2) is 9.20 Å². The highest BCUT2D eigenvalue weighted by Crippen LogP contribution is 2.20. The molecule has 0 aliphatic heterocycles. The van der Waals surface area contributed by atoms with Crippen molar-refractivity contribution < 1.29 is 4.79 Å². The number of anilines is 1. The predicted octanol–water partition coefficient (Wildman–Crippen LogP) is 3.83. The number of aryl methyl sites for hydroxylation is 2. The van der Waals surface area contributed by atoms with Crippen LogP contribution in [0.3, 0.4) is 0 Å². The van der Waals surface area contributed by atoms with Gasteiger partial charge in [-0.3, -0.25) is 9.59 Å². The Kier molecular flexibility index (Phi) is 5.50. The zero-order chi connectivity index (χ0) is 21.3. The number of aromatic nitrogens is 4. The molecule has 0 saturated carbocycles. The Morgan fingerprint density at radius 3 is 2.60 bits per heavy atom. The van der Waals surface area contributed by atoms with Gasteiger partial charge in [-0.1, -0.05) is 47.1 Å². The lowest BCUT2D eigenvalue weighted by Crippen LogP contribution is -2.30. The van der Waals surface area contributed by atoms with Gasteiger partial charge in [0.05, 0.1) is 5.69 Å². The molecule has 4 aromatic rings. The summed E-state index contributed by atoms with van der Waals surface area (Å²) in [5.74, 6) is -0.328. The van der Waals surface area contributed by atoms with Crippen molar-refractivity contribution in [2.45, 2.75) is 26.8 Å². The van der Waals surface area contributed by atoms with Crippen LogP contribution in [0, 0.1) is 6.92 Å². The summed E-state index contributed by atoms with van der Waals surface area (Å²) in [7, 11) is 0. The van der Waals surface area contributed by atoms with Gasteiger partial charge < -0.3 is 5.32 Å². The molecule has 0 radical (unpaired) electrons. The Labute approximate surface area is 181 Å². The van der Waals surface area contributed by atoms with E-state index in [9.17, 15) is 9.59 Å². The third-order valence-corrected chi connectivity index (χ3v) is 5.77. The van der Waals surface area contributed by atoms with Crippen LogP contribution in [0.25, 0.3) is 16.8 Å². The van der Waals surface area contributed by atoms with Crippen molar-refractivity contribution in [2.75, 3.05) is 5.32 Å². The quantitative estimate of drug-likeness (QED) is 0.485. The number of amides is 1. The third-order valence-electron chi connectivity index (χ3n) is 4.88. The predicted molar refractivity (Wildman–Crippen MR) is 120 cm³/mol. The minimum atomic E-state index is -0.372. The highest BCUT2D eigenvalue weighted by atomic mass is 79.9. The van der Waals surface area contributed by atoms with Crippen LogP contribution in [0.4, 0.5) is 5.69 Å². The summed E-state index contributed by atoms with van der Waals surface area (Å²) in [6.07, 6.45) is 2.40. The standard InChI is InChI=1S/C22H20BrN5O2/c1-3-15-4-6-16(7-5-15)19-11-20-22(30)27(24-13-28(20)26-19)12-21(29)25-17-8-9-18(23)14(2)10-17/h4-11,13H,3,12H2,1-2H3,(H,25,29). The lowest BCUT2D eigenvalue weighted by molar-refractivity contribution is -0.117. The molecule has 0 fully saturated rings. The second-order valence-electron chi connectivity index (χ2n) is 7.02. The van der Waals surface area contributed by atoms with Crippen molar-refractivity contribution >= 4 is 33.0 Å². The molecule has 0 spiro atoms. The summed E-state index contributed by atoms with van der Waals surface area (Å²) < 4.78 is 3.55. The largest absolute Gasteiger partial charge is 0.324 e. The van der Waals surface area contributed by atoms with Gasteiger partial charge in [-0.05, 0) is 48.7 Å². The number of carbonyl (C=O) groups is 1. The molecular weight excluding hydrogens is 446 g/mol. The fourth-order valence-electron chi connectivity index (χ4n) is 3.16. The summed E-state index contributed by atoms with van der Waals surface area (Å²) in [4.78, 5) is 25.2. The van der Waals surface area contributed by atoms with Crippen LogP contribution in [0.2, 0.25) is 0 Å². The molecule has 7 nitrogen and oxygen atoms in total. The van der Waals surface area contributed by atoms with Crippen LogP contribution in [-0.2, 0) is 17.8 Å². The molecular formula is C22H20BrN5O2. The van der Waals surface area contributed by atoms with Crippen molar-refractivity contribution in [1.82, 2.24) is 19.4 Å². The summed E-state index contributed by atoms with van der Waals surface area (Å²) in [6.45, 7) is 3.85. The first kappa shape index (κ1) is 20.0. The fraction of sp³-hybridized carbons (Fsp3) is 0.182. The number of carbonyl (C=O) groups excluding carboxylic acids is 1. The molecule has 1 N–H and O–H groups in total. The van der Waals surface area contributed by atoms with Crippen molar-refractivity contribution in [3.8, 4) is 11.3 Å². The monoisotopic (exact) mass is 465 g/mol. The maximum Gasteiger partial charge on any atom is 0.293 e. The van der Waals surface area contributed by atoms with E-state index in [0.29, 0.717) is 16.9 Å². The number of rotatable bonds is 5. The summed E-state index contributed by atoms with van der Waals surface area (Å²) in [6, 6.07) is 15.3. The van der Waals surface area contributed by atoms with Crippen LogP contribution in [0.1, 0.15) is 18.1 Å². The molecule has 0 aliphatic rings. The van der Waals surface area contributed by atoms with Crippen molar-refractivity contribution in [3.63, 3.8) is 0 Å². The minimum absolute atomic E-state index is 0.184. The fourth-order valence-corrected chi connectivity index (χ4v) is 3.41. The maximum atomic E-state index is 12.8. The number of hydrogen-bond acceptors (Lipinski definition) is 4. The van der Waals surface area contributed by atoms with Gasteiger partial charge in [0.25, 0.3) is 5.56 Å². The van der Waals surface area contributed by atoms with Gasteiger partial charge in [-0.15, -0.1) is 0 Å². The van der Waals surface area contributed by atoms with E-state index in [1.807, 2.05) is 43.3 Å². The highest BCUT2D eigenvalue weighted by Gasteiger charge is 2.13. The van der Waals surface area contributed by atoms with Gasteiger partial charge in [0.1, 0.15) is 18.4 Å². The van der Waals surface area contributed by atoms with E-state index in [1.54, 1.807) is 12.1 Å². The van der Waals surface area contributed by atoms with Crippen molar-refractivity contribution in [2.24, 2.45) is 0 Å². The lowest BCUT2D eigenvalue weighted by atomic mass is 10.1. The van der Waals surface area contributed by atoms with E-state index < -0.39 is 0 Å². The molecule has 4 rings (SSSR count). The molecule has 2 aromatic heterocycles. The Balaban J connectivity index is 1.57. The highest BCUT2D eigenvalue weighted by molar-refractivity contribution is 9.10. The number of benzene rings is 2. The summed E-state index contributed by atoms with van der Waals surface area (Å²) in [5.41, 5.74) is 4.50. The summed E-state index contributed by atoms with van der Waals surface area (Å²) >= 11 is 3.43. The van der Waals surface area contributed by atoms with Crippen LogP contribution >= 0.6 is 15.9 Å². The minimum Gasteiger partial charge on any atom is -0.324 e. The normalized spacial score (nSPS) is 11.0. The first-order valence-corrected chi connectivity index (χ1v) is 10.3. The number of hydrogen-bond donors (Lipinski definition) is 1. The average molecular weight is 466 g/mol. The van der Waals surface area contributed by atoms with Crippen LogP contribution in [0.5, 0.6) is 0 Å². The maximum absolute atomic E-state index is 12.8. The number of nitrogens with one attached hydrogen (secondary N) is 1. The van der Waals surface area contributed by atoms with Crippen LogP contribution < -0.4 is 10.9 Å². The second kappa shape index (κ2) is 8.23.